The molecule has 0 saturated carbocycles. The first-order chi connectivity index (χ1) is 20.3. The smallest absolute Gasteiger partial charge is 0.136 e. The summed E-state index contributed by atoms with van der Waals surface area (Å²) in [6.45, 7) is 0. The molecule has 0 amide bonds. The van der Waals surface area contributed by atoms with Crippen LogP contribution in [0.2, 0.25) is 0 Å². The number of rotatable bonds is 2. The van der Waals surface area contributed by atoms with Crippen LogP contribution >= 0.6 is 0 Å². The molecule has 0 atom stereocenters. The van der Waals surface area contributed by atoms with Gasteiger partial charge in [0.1, 0.15) is 22.7 Å². The predicted octanol–water partition coefficient (Wildman–Crippen LogP) is 10.8. The molecule has 0 bridgehead atoms. The minimum atomic E-state index is 0.0397. The normalized spacial score (nSPS) is 13.0. The van der Waals surface area contributed by atoms with Gasteiger partial charge in [-0.2, -0.15) is 0 Å². The van der Waals surface area contributed by atoms with Crippen LogP contribution in [0.15, 0.2) is 144 Å². The fourth-order valence-corrected chi connectivity index (χ4v) is 6.69. The molecule has 7 aromatic carbocycles. The molecule has 192 valence electrons. The third kappa shape index (κ3) is 3.38. The van der Waals surface area contributed by atoms with Crippen molar-refractivity contribution in [3.05, 3.63) is 156 Å². The number of furan rings is 1. The van der Waals surface area contributed by atoms with E-state index in [9.17, 15) is 0 Å². The van der Waals surface area contributed by atoms with Crippen LogP contribution < -0.4 is 4.74 Å². The van der Waals surface area contributed by atoms with E-state index in [1.807, 2.05) is 12.1 Å². The van der Waals surface area contributed by atoms with Crippen molar-refractivity contribution in [2.45, 2.75) is 5.92 Å². The van der Waals surface area contributed by atoms with Crippen molar-refractivity contribution in [3.63, 3.8) is 0 Å². The number of para-hydroxylation sites is 1. The molecule has 0 fully saturated rings. The van der Waals surface area contributed by atoms with Gasteiger partial charge >= 0.3 is 0 Å². The monoisotopic (exact) mass is 524 g/mol. The van der Waals surface area contributed by atoms with Crippen LogP contribution in [-0.2, 0) is 0 Å². The Morgan fingerprint density at radius 3 is 1.66 bits per heavy atom. The van der Waals surface area contributed by atoms with Gasteiger partial charge in [0.2, 0.25) is 0 Å². The highest BCUT2D eigenvalue weighted by molar-refractivity contribution is 6.06. The summed E-state index contributed by atoms with van der Waals surface area (Å²) in [6.07, 6.45) is 0. The van der Waals surface area contributed by atoms with Crippen LogP contribution in [0, 0.1) is 0 Å². The van der Waals surface area contributed by atoms with Gasteiger partial charge in [0.15, 0.2) is 0 Å². The van der Waals surface area contributed by atoms with E-state index in [0.717, 1.165) is 39.0 Å². The Hall–Kier alpha value is -5.34. The van der Waals surface area contributed by atoms with Crippen LogP contribution in [0.1, 0.15) is 22.6 Å². The number of benzene rings is 7. The zero-order valence-electron chi connectivity index (χ0n) is 22.2. The molecule has 2 heteroatoms. The summed E-state index contributed by atoms with van der Waals surface area (Å²) in [7, 11) is 0. The molecule has 1 aromatic heterocycles. The summed E-state index contributed by atoms with van der Waals surface area (Å²) in [4.78, 5) is 0. The Kier molecular flexibility index (Phi) is 4.70. The molecule has 8 aromatic rings. The van der Waals surface area contributed by atoms with E-state index in [2.05, 4.69) is 127 Å². The first-order valence-electron chi connectivity index (χ1n) is 14.0. The lowest BCUT2D eigenvalue weighted by Crippen LogP contribution is -2.13. The van der Waals surface area contributed by atoms with Crippen molar-refractivity contribution in [3.8, 4) is 22.6 Å². The van der Waals surface area contributed by atoms with Crippen LogP contribution in [-0.4, -0.2) is 0 Å². The number of ether oxygens (including phenoxy) is 1. The van der Waals surface area contributed by atoms with Crippen molar-refractivity contribution in [1.29, 1.82) is 0 Å². The summed E-state index contributed by atoms with van der Waals surface area (Å²) in [5.74, 6) is 1.89. The van der Waals surface area contributed by atoms with Crippen LogP contribution in [0.3, 0.4) is 0 Å². The second-order valence-electron chi connectivity index (χ2n) is 10.9. The second kappa shape index (κ2) is 8.58. The molecular formula is C39H24O2. The van der Waals surface area contributed by atoms with E-state index in [1.165, 1.54) is 43.8 Å². The van der Waals surface area contributed by atoms with Gasteiger partial charge in [-0.3, -0.25) is 0 Å². The average molecular weight is 525 g/mol. The molecule has 41 heavy (non-hydrogen) atoms. The third-order valence-electron chi connectivity index (χ3n) is 8.61. The minimum absolute atomic E-state index is 0.0397. The van der Waals surface area contributed by atoms with Crippen LogP contribution in [0.4, 0.5) is 0 Å². The van der Waals surface area contributed by atoms with Gasteiger partial charge in [0.05, 0.1) is 0 Å². The summed E-state index contributed by atoms with van der Waals surface area (Å²) in [5.41, 5.74) is 7.85. The molecule has 1 aliphatic heterocycles. The van der Waals surface area contributed by atoms with Crippen LogP contribution in [0.5, 0.6) is 11.5 Å². The Bertz CT molecular complexity index is 2200. The molecule has 0 N–H and O–H groups in total. The molecule has 0 unspecified atom stereocenters. The number of hydrogen-bond donors (Lipinski definition) is 0. The molecule has 1 aliphatic rings. The maximum absolute atomic E-state index is 6.59. The fourth-order valence-electron chi connectivity index (χ4n) is 6.69. The molecule has 0 spiro atoms. The Morgan fingerprint density at radius 2 is 0.976 bits per heavy atom. The second-order valence-corrected chi connectivity index (χ2v) is 10.9. The summed E-state index contributed by atoms with van der Waals surface area (Å²) >= 11 is 0. The Morgan fingerprint density at radius 1 is 0.415 bits per heavy atom. The van der Waals surface area contributed by atoms with E-state index < -0.39 is 0 Å². The van der Waals surface area contributed by atoms with E-state index in [4.69, 9.17) is 9.15 Å². The minimum Gasteiger partial charge on any atom is -0.457 e. The van der Waals surface area contributed by atoms with Crippen molar-refractivity contribution >= 4 is 43.5 Å². The quantitative estimate of drug-likeness (QED) is 0.224. The highest BCUT2D eigenvalue weighted by Gasteiger charge is 2.32. The molecule has 2 nitrogen and oxygen atoms in total. The zero-order valence-corrected chi connectivity index (χ0v) is 22.2. The fraction of sp³-hybridized carbons (Fsp3) is 0.0256. The van der Waals surface area contributed by atoms with Crippen molar-refractivity contribution < 1.29 is 9.15 Å². The van der Waals surface area contributed by atoms with Gasteiger partial charge in [-0.1, -0.05) is 109 Å². The standard InChI is InChI=1S/C39H24O2/c1-3-9-29-25(7-1)18-21-34-38(29)37(39-30-10-4-2-8-26(30)19-22-35(39)41-34)27-15-13-24(14-16-27)28-17-20-32-31-11-5-6-12-33(31)40-36(32)23-28/h1-23,37H. The third-order valence-corrected chi connectivity index (χ3v) is 8.61. The number of hydrogen-bond acceptors (Lipinski definition) is 2. The topological polar surface area (TPSA) is 22.4 Å². The van der Waals surface area contributed by atoms with Crippen LogP contribution in [0.25, 0.3) is 54.6 Å². The zero-order chi connectivity index (χ0) is 26.9. The molecule has 0 aliphatic carbocycles. The maximum Gasteiger partial charge on any atom is 0.136 e. The summed E-state index contributed by atoms with van der Waals surface area (Å²) in [6, 6.07) is 49.6. The first-order valence-corrected chi connectivity index (χ1v) is 14.0. The molecule has 2 heterocycles. The summed E-state index contributed by atoms with van der Waals surface area (Å²) < 4.78 is 12.8. The van der Waals surface area contributed by atoms with Gasteiger partial charge in [0, 0.05) is 27.8 Å². The lowest BCUT2D eigenvalue weighted by Gasteiger charge is -2.31. The van der Waals surface area contributed by atoms with E-state index >= 15 is 0 Å². The number of fused-ring (bicyclic) bond motifs is 9. The van der Waals surface area contributed by atoms with Gasteiger partial charge in [-0.25, -0.2) is 0 Å². The molecule has 0 saturated heterocycles. The van der Waals surface area contributed by atoms with Crippen molar-refractivity contribution in [2.24, 2.45) is 0 Å². The van der Waals surface area contributed by atoms with Crippen molar-refractivity contribution in [2.75, 3.05) is 0 Å². The van der Waals surface area contributed by atoms with Gasteiger partial charge in [0.25, 0.3) is 0 Å². The highest BCUT2D eigenvalue weighted by atomic mass is 16.5. The maximum atomic E-state index is 6.59. The lowest BCUT2D eigenvalue weighted by atomic mass is 9.78. The Balaban J connectivity index is 1.23. The first kappa shape index (κ1) is 22.5. The van der Waals surface area contributed by atoms with Gasteiger partial charge in [-0.15, -0.1) is 0 Å². The molecule has 0 radical (unpaired) electrons. The Labute approximate surface area is 237 Å². The average Bonchev–Trinajstić information content (AvgIpc) is 3.41. The van der Waals surface area contributed by atoms with Gasteiger partial charge < -0.3 is 9.15 Å². The molecule has 9 rings (SSSR count). The van der Waals surface area contributed by atoms with E-state index in [-0.39, 0.29) is 5.92 Å². The highest BCUT2D eigenvalue weighted by Crippen LogP contribution is 2.52. The molecular weight excluding hydrogens is 500 g/mol. The van der Waals surface area contributed by atoms with E-state index in [0.29, 0.717) is 0 Å². The lowest BCUT2D eigenvalue weighted by molar-refractivity contribution is 0.456. The van der Waals surface area contributed by atoms with Crippen molar-refractivity contribution in [1.82, 2.24) is 0 Å². The predicted molar refractivity (Wildman–Crippen MR) is 168 cm³/mol. The van der Waals surface area contributed by atoms with Gasteiger partial charge in [-0.05, 0) is 68.6 Å². The van der Waals surface area contributed by atoms with E-state index in [1.54, 1.807) is 0 Å². The largest absolute Gasteiger partial charge is 0.457 e. The SMILES string of the molecule is c1ccc2c3c(ccc2c1)Oc1ccc2ccccc2c1C3c1ccc(-c2ccc3c(c2)oc2ccccc23)cc1. The summed E-state index contributed by atoms with van der Waals surface area (Å²) in [5, 5.41) is 7.20.